The third-order valence-electron chi connectivity index (χ3n) is 6.77. The second-order valence-corrected chi connectivity index (χ2v) is 10.3. The standard InChI is InChI=1S/C30H28FNO5/c1-17-15-19(7-11-22(17)31)27(33)25-26(18-5-8-20(9-6-18)30(2,3)4)32(29(35)28(25)34)21-10-12-23-24(16-21)37-14-13-36-23/h5-12,15-16,26,33H,13-14H2,1-4H3/b27-25+. The van der Waals surface area contributed by atoms with E-state index in [1.165, 1.54) is 23.1 Å². The molecule has 1 fully saturated rings. The molecule has 2 heterocycles. The lowest BCUT2D eigenvalue weighted by Crippen LogP contribution is -2.29. The van der Waals surface area contributed by atoms with Gasteiger partial charge in [-0.2, -0.15) is 0 Å². The van der Waals surface area contributed by atoms with Crippen molar-refractivity contribution in [1.29, 1.82) is 0 Å². The molecule has 3 aromatic carbocycles. The Labute approximate surface area is 214 Å². The van der Waals surface area contributed by atoms with E-state index < -0.39 is 23.5 Å². The van der Waals surface area contributed by atoms with E-state index in [4.69, 9.17) is 9.47 Å². The van der Waals surface area contributed by atoms with E-state index in [1.54, 1.807) is 25.1 Å². The molecule has 0 aromatic heterocycles. The normalized spacial score (nSPS) is 18.8. The highest BCUT2D eigenvalue weighted by Gasteiger charge is 2.47. The summed E-state index contributed by atoms with van der Waals surface area (Å²) in [5, 5.41) is 11.3. The van der Waals surface area contributed by atoms with Crippen LogP contribution in [0.15, 0.2) is 66.2 Å². The molecule has 0 saturated carbocycles. The summed E-state index contributed by atoms with van der Waals surface area (Å²) in [6, 6.07) is 15.9. The van der Waals surface area contributed by atoms with Crippen LogP contribution in [0.4, 0.5) is 10.1 Å². The smallest absolute Gasteiger partial charge is 0.300 e. The molecule has 0 radical (unpaired) electrons. The molecule has 1 unspecified atom stereocenters. The van der Waals surface area contributed by atoms with Crippen molar-refractivity contribution in [3.63, 3.8) is 0 Å². The van der Waals surface area contributed by atoms with Crippen LogP contribution in [0.5, 0.6) is 11.5 Å². The Balaban J connectivity index is 1.69. The lowest BCUT2D eigenvalue weighted by atomic mass is 9.85. The Morgan fingerprint density at radius 1 is 0.946 bits per heavy atom. The van der Waals surface area contributed by atoms with Gasteiger partial charge in [-0.1, -0.05) is 45.0 Å². The lowest BCUT2D eigenvalue weighted by molar-refractivity contribution is -0.132. The van der Waals surface area contributed by atoms with Crippen LogP contribution < -0.4 is 14.4 Å². The van der Waals surface area contributed by atoms with Crippen LogP contribution >= 0.6 is 0 Å². The van der Waals surface area contributed by atoms with Gasteiger partial charge in [0, 0.05) is 17.3 Å². The molecular formula is C30H28FNO5. The molecule has 6 nitrogen and oxygen atoms in total. The summed E-state index contributed by atoms with van der Waals surface area (Å²) in [7, 11) is 0. The fraction of sp³-hybridized carbons (Fsp3) is 0.267. The molecule has 0 aliphatic carbocycles. The number of hydrogen-bond acceptors (Lipinski definition) is 5. The maximum absolute atomic E-state index is 13.9. The highest BCUT2D eigenvalue weighted by Crippen LogP contribution is 2.45. The number of aryl methyl sites for hydroxylation is 1. The number of nitrogens with zero attached hydrogens (tertiary/aromatic N) is 1. The number of anilines is 1. The van der Waals surface area contributed by atoms with Crippen LogP contribution in [0, 0.1) is 12.7 Å². The van der Waals surface area contributed by atoms with E-state index in [2.05, 4.69) is 20.8 Å². The zero-order valence-electron chi connectivity index (χ0n) is 21.2. The second-order valence-electron chi connectivity index (χ2n) is 10.3. The fourth-order valence-corrected chi connectivity index (χ4v) is 4.71. The number of carbonyl (C=O) groups excluding carboxylic acids is 2. The second kappa shape index (κ2) is 9.07. The number of amides is 1. The molecule has 2 aliphatic heterocycles. The molecule has 0 spiro atoms. The average molecular weight is 502 g/mol. The summed E-state index contributed by atoms with van der Waals surface area (Å²) in [4.78, 5) is 28.2. The lowest BCUT2D eigenvalue weighted by Gasteiger charge is -2.28. The molecular weight excluding hydrogens is 473 g/mol. The average Bonchev–Trinajstić information content (AvgIpc) is 3.14. The Morgan fingerprint density at radius 2 is 1.62 bits per heavy atom. The van der Waals surface area contributed by atoms with Gasteiger partial charge >= 0.3 is 0 Å². The maximum atomic E-state index is 13.9. The van der Waals surface area contributed by atoms with Crippen LogP contribution in [0.25, 0.3) is 5.76 Å². The van der Waals surface area contributed by atoms with Crippen LogP contribution in [0.1, 0.15) is 49.1 Å². The van der Waals surface area contributed by atoms with Crippen molar-refractivity contribution >= 4 is 23.1 Å². The summed E-state index contributed by atoms with van der Waals surface area (Å²) in [6.45, 7) is 8.66. The molecule has 1 N–H and O–H groups in total. The van der Waals surface area contributed by atoms with Crippen molar-refractivity contribution in [3.05, 3.63) is 94.3 Å². The first-order valence-corrected chi connectivity index (χ1v) is 12.1. The van der Waals surface area contributed by atoms with Gasteiger partial charge in [-0.05, 0) is 59.4 Å². The third-order valence-corrected chi connectivity index (χ3v) is 6.77. The number of hydrogen-bond donors (Lipinski definition) is 1. The zero-order valence-corrected chi connectivity index (χ0v) is 21.2. The number of ether oxygens (including phenoxy) is 2. The number of halogens is 1. The first kappa shape index (κ1) is 24.6. The quantitative estimate of drug-likeness (QED) is 0.278. The van der Waals surface area contributed by atoms with E-state index in [0.29, 0.717) is 41.5 Å². The molecule has 1 atom stereocenters. The Kier molecular flexibility index (Phi) is 6.02. The molecule has 2 aliphatic rings. The predicted molar refractivity (Wildman–Crippen MR) is 138 cm³/mol. The van der Waals surface area contributed by atoms with Crippen LogP contribution in [-0.2, 0) is 15.0 Å². The summed E-state index contributed by atoms with van der Waals surface area (Å²) in [6.07, 6.45) is 0. The molecule has 3 aromatic rings. The fourth-order valence-electron chi connectivity index (χ4n) is 4.71. The zero-order chi connectivity index (χ0) is 26.5. The SMILES string of the molecule is Cc1cc(/C(O)=C2\C(=O)C(=O)N(c3ccc4c(c3)OCCO4)C2c2ccc(C(C)(C)C)cc2)ccc1F. The minimum Gasteiger partial charge on any atom is -0.507 e. The summed E-state index contributed by atoms with van der Waals surface area (Å²) < 4.78 is 25.2. The van der Waals surface area contributed by atoms with Crippen molar-refractivity contribution in [2.24, 2.45) is 0 Å². The van der Waals surface area contributed by atoms with Gasteiger partial charge in [0.25, 0.3) is 11.7 Å². The molecule has 7 heteroatoms. The number of aliphatic hydroxyl groups is 1. The minimum atomic E-state index is -0.901. The number of benzene rings is 3. The van der Waals surface area contributed by atoms with E-state index >= 15 is 0 Å². The topological polar surface area (TPSA) is 76.1 Å². The largest absolute Gasteiger partial charge is 0.507 e. The highest BCUT2D eigenvalue weighted by molar-refractivity contribution is 6.51. The van der Waals surface area contributed by atoms with Gasteiger partial charge in [0.15, 0.2) is 11.5 Å². The van der Waals surface area contributed by atoms with Crippen LogP contribution in [0.3, 0.4) is 0 Å². The first-order chi connectivity index (χ1) is 17.6. The number of fused-ring (bicyclic) bond motifs is 1. The van der Waals surface area contributed by atoms with Crippen molar-refractivity contribution in [3.8, 4) is 11.5 Å². The van der Waals surface area contributed by atoms with E-state index in [-0.39, 0.29) is 22.3 Å². The summed E-state index contributed by atoms with van der Waals surface area (Å²) in [5.74, 6) is -1.35. The van der Waals surface area contributed by atoms with E-state index in [9.17, 15) is 19.1 Å². The molecule has 5 rings (SSSR count). The number of rotatable bonds is 3. The minimum absolute atomic E-state index is 0.0607. The maximum Gasteiger partial charge on any atom is 0.300 e. The van der Waals surface area contributed by atoms with Crippen molar-refractivity contribution in [2.45, 2.75) is 39.2 Å². The van der Waals surface area contributed by atoms with Crippen molar-refractivity contribution in [1.82, 2.24) is 0 Å². The van der Waals surface area contributed by atoms with E-state index in [1.807, 2.05) is 24.3 Å². The van der Waals surface area contributed by atoms with Gasteiger partial charge in [-0.25, -0.2) is 4.39 Å². The molecule has 190 valence electrons. The van der Waals surface area contributed by atoms with Gasteiger partial charge in [0.05, 0.1) is 11.6 Å². The van der Waals surface area contributed by atoms with Crippen LogP contribution in [0.2, 0.25) is 0 Å². The van der Waals surface area contributed by atoms with Gasteiger partial charge in [0.2, 0.25) is 0 Å². The summed E-state index contributed by atoms with van der Waals surface area (Å²) >= 11 is 0. The Bertz CT molecular complexity index is 1440. The molecule has 1 saturated heterocycles. The van der Waals surface area contributed by atoms with Crippen molar-refractivity contribution < 1.29 is 28.6 Å². The monoisotopic (exact) mass is 501 g/mol. The van der Waals surface area contributed by atoms with Crippen LogP contribution in [-0.4, -0.2) is 30.0 Å². The van der Waals surface area contributed by atoms with Gasteiger partial charge < -0.3 is 14.6 Å². The highest BCUT2D eigenvalue weighted by atomic mass is 19.1. The molecule has 0 bridgehead atoms. The van der Waals surface area contributed by atoms with Gasteiger partial charge in [-0.15, -0.1) is 0 Å². The van der Waals surface area contributed by atoms with E-state index in [0.717, 1.165) is 5.56 Å². The first-order valence-electron chi connectivity index (χ1n) is 12.1. The summed E-state index contributed by atoms with van der Waals surface area (Å²) in [5.41, 5.74) is 2.60. The third kappa shape index (κ3) is 4.35. The molecule has 37 heavy (non-hydrogen) atoms. The number of aliphatic hydroxyl groups excluding tert-OH is 1. The molecule has 1 amide bonds. The van der Waals surface area contributed by atoms with Crippen molar-refractivity contribution in [2.75, 3.05) is 18.1 Å². The van der Waals surface area contributed by atoms with Gasteiger partial charge in [0.1, 0.15) is 24.8 Å². The Morgan fingerprint density at radius 3 is 2.27 bits per heavy atom. The number of carbonyl (C=O) groups is 2. The number of Topliss-reactive ketones (excluding diaryl/α,β-unsaturated/α-hetero) is 1. The Hall–Kier alpha value is -4.13. The van der Waals surface area contributed by atoms with Gasteiger partial charge in [-0.3, -0.25) is 14.5 Å². The predicted octanol–water partition coefficient (Wildman–Crippen LogP) is 5.83. The number of ketones is 1.